The molecule has 0 aliphatic heterocycles. The Morgan fingerprint density at radius 2 is 0.753 bits per heavy atom. The van der Waals surface area contributed by atoms with Crippen LogP contribution in [0.25, 0.3) is 71.6 Å². The molecule has 0 unspecified atom stereocenters. The van der Waals surface area contributed by atoms with Crippen molar-refractivity contribution < 1.29 is 0 Å². The van der Waals surface area contributed by atoms with E-state index in [2.05, 4.69) is 313 Å². The Morgan fingerprint density at radius 1 is 0.274 bits per heavy atom. The van der Waals surface area contributed by atoms with Crippen LogP contribution in [-0.2, 0) is 5.41 Å². The van der Waals surface area contributed by atoms with Crippen molar-refractivity contribution in [2.75, 3.05) is 4.90 Å². The standard InChI is InChI=1S/C71H50N2/c1-6-21-51(22-7-1)52-37-42-60(43-38-52)72(62-33-20-32-59(49-62)71(56-26-10-3-11-27-56,57-28-12-4-13-29-57)58-30-14-5-15-31-58)61-44-39-55(40-45-61)64-47-46-63(50-67(64)53-23-8-2-9-24-53)73-68-36-19-18-35-66(68)70-65-34-17-16-25-54(65)41-48-69(70)73/h1-50H. The summed E-state index contributed by atoms with van der Waals surface area (Å²) in [5, 5.41) is 5.05. The second-order valence-electron chi connectivity index (χ2n) is 18.8. The van der Waals surface area contributed by atoms with Gasteiger partial charge in [0.15, 0.2) is 0 Å². The summed E-state index contributed by atoms with van der Waals surface area (Å²) in [5.41, 5.74) is 18.0. The van der Waals surface area contributed by atoms with Crippen molar-refractivity contribution in [3.63, 3.8) is 0 Å². The Kier molecular flexibility index (Phi) is 11.1. The molecule has 0 spiro atoms. The highest BCUT2D eigenvalue weighted by Crippen LogP contribution is 2.48. The fraction of sp³-hybridized carbons (Fsp3) is 0.0141. The van der Waals surface area contributed by atoms with Gasteiger partial charge in [0, 0.05) is 33.5 Å². The minimum atomic E-state index is -0.598. The molecule has 13 aromatic rings. The summed E-state index contributed by atoms with van der Waals surface area (Å²) in [6.07, 6.45) is 0. The quantitative estimate of drug-likeness (QED) is 0.117. The molecule has 0 N–H and O–H groups in total. The molecule has 344 valence electrons. The molecule has 2 nitrogen and oxygen atoms in total. The highest BCUT2D eigenvalue weighted by Gasteiger charge is 2.38. The molecule has 13 rings (SSSR count). The van der Waals surface area contributed by atoms with Gasteiger partial charge in [0.25, 0.3) is 0 Å². The molecule has 0 atom stereocenters. The molecule has 1 aromatic heterocycles. The van der Waals surface area contributed by atoms with Gasteiger partial charge >= 0.3 is 0 Å². The smallest absolute Gasteiger partial charge is 0.0702 e. The maximum atomic E-state index is 2.44. The first-order valence-electron chi connectivity index (χ1n) is 25.2. The van der Waals surface area contributed by atoms with Crippen LogP contribution in [0, 0.1) is 0 Å². The molecule has 12 aromatic carbocycles. The minimum Gasteiger partial charge on any atom is -0.310 e. The van der Waals surface area contributed by atoms with Gasteiger partial charge in [-0.15, -0.1) is 0 Å². The first kappa shape index (κ1) is 43.5. The molecule has 0 fully saturated rings. The van der Waals surface area contributed by atoms with E-state index in [1.54, 1.807) is 0 Å². The highest BCUT2D eigenvalue weighted by molar-refractivity contribution is 6.21. The van der Waals surface area contributed by atoms with Crippen molar-refractivity contribution in [3.05, 3.63) is 326 Å². The Morgan fingerprint density at radius 3 is 1.37 bits per heavy atom. The second kappa shape index (κ2) is 18.7. The number of rotatable bonds is 11. The van der Waals surface area contributed by atoms with Gasteiger partial charge in [-0.3, -0.25) is 0 Å². The number of anilines is 3. The van der Waals surface area contributed by atoms with E-state index in [0.717, 1.165) is 28.3 Å². The van der Waals surface area contributed by atoms with Crippen molar-refractivity contribution in [3.8, 4) is 39.1 Å². The predicted molar refractivity (Wildman–Crippen MR) is 308 cm³/mol. The molecule has 0 amide bonds. The Bertz CT molecular complexity index is 3940. The zero-order valence-corrected chi connectivity index (χ0v) is 40.3. The van der Waals surface area contributed by atoms with E-state index < -0.39 is 5.41 Å². The number of aromatic nitrogens is 1. The van der Waals surface area contributed by atoms with Crippen LogP contribution >= 0.6 is 0 Å². The average molecular weight is 931 g/mol. The van der Waals surface area contributed by atoms with E-state index in [4.69, 9.17) is 0 Å². The van der Waals surface area contributed by atoms with Crippen LogP contribution in [0.15, 0.2) is 303 Å². The van der Waals surface area contributed by atoms with Crippen molar-refractivity contribution in [1.29, 1.82) is 0 Å². The second-order valence-corrected chi connectivity index (χ2v) is 18.8. The van der Waals surface area contributed by atoms with Crippen molar-refractivity contribution in [1.82, 2.24) is 4.57 Å². The maximum absolute atomic E-state index is 2.44. The summed E-state index contributed by atoms with van der Waals surface area (Å²) in [7, 11) is 0. The molecule has 0 saturated carbocycles. The largest absolute Gasteiger partial charge is 0.310 e. The van der Waals surface area contributed by atoms with E-state index in [9.17, 15) is 0 Å². The van der Waals surface area contributed by atoms with Gasteiger partial charge < -0.3 is 9.47 Å². The fourth-order valence-corrected chi connectivity index (χ4v) is 11.4. The molecule has 0 aliphatic rings. The lowest BCUT2D eigenvalue weighted by atomic mass is 9.65. The molecule has 1 heterocycles. The summed E-state index contributed by atoms with van der Waals surface area (Å²) in [5.74, 6) is 0. The Balaban J connectivity index is 0.965. The van der Waals surface area contributed by atoms with Crippen molar-refractivity contribution >= 4 is 49.6 Å². The van der Waals surface area contributed by atoms with Crippen LogP contribution in [0.1, 0.15) is 22.3 Å². The number of hydrogen-bond donors (Lipinski definition) is 0. The molecule has 0 saturated heterocycles. The highest BCUT2D eigenvalue weighted by atomic mass is 15.1. The van der Waals surface area contributed by atoms with Gasteiger partial charge in [0.2, 0.25) is 0 Å². The number of nitrogens with zero attached hydrogens (tertiary/aromatic N) is 2. The van der Waals surface area contributed by atoms with Crippen LogP contribution in [0.3, 0.4) is 0 Å². The number of para-hydroxylation sites is 1. The monoisotopic (exact) mass is 930 g/mol. The van der Waals surface area contributed by atoms with E-state index in [0.29, 0.717) is 0 Å². The number of hydrogen-bond acceptors (Lipinski definition) is 1. The molecule has 0 radical (unpaired) electrons. The lowest BCUT2D eigenvalue weighted by Gasteiger charge is -2.37. The average Bonchev–Trinajstić information content (AvgIpc) is 3.82. The summed E-state index contributed by atoms with van der Waals surface area (Å²) in [4.78, 5) is 2.40. The normalized spacial score (nSPS) is 11.6. The lowest BCUT2D eigenvalue weighted by molar-refractivity contribution is 0.745. The Hall–Kier alpha value is -9.50. The molecular weight excluding hydrogens is 881 g/mol. The number of fused-ring (bicyclic) bond motifs is 5. The molecular formula is C71H50N2. The van der Waals surface area contributed by atoms with Crippen molar-refractivity contribution in [2.24, 2.45) is 0 Å². The summed E-state index contributed by atoms with van der Waals surface area (Å²) >= 11 is 0. The van der Waals surface area contributed by atoms with Gasteiger partial charge in [0.1, 0.15) is 0 Å². The van der Waals surface area contributed by atoms with Gasteiger partial charge in [-0.25, -0.2) is 0 Å². The van der Waals surface area contributed by atoms with Gasteiger partial charge in [-0.05, 0) is 127 Å². The first-order chi connectivity index (χ1) is 36.2. The van der Waals surface area contributed by atoms with E-state index in [1.165, 1.54) is 82.6 Å². The van der Waals surface area contributed by atoms with Gasteiger partial charge in [0.05, 0.1) is 16.4 Å². The zero-order valence-electron chi connectivity index (χ0n) is 40.3. The summed E-state index contributed by atoms with van der Waals surface area (Å²) < 4.78 is 2.44. The van der Waals surface area contributed by atoms with Gasteiger partial charge in [-0.1, -0.05) is 243 Å². The van der Waals surface area contributed by atoms with Crippen LogP contribution in [-0.4, -0.2) is 4.57 Å². The van der Waals surface area contributed by atoms with Crippen LogP contribution in [0.4, 0.5) is 17.1 Å². The molecule has 2 heteroatoms. The summed E-state index contributed by atoms with van der Waals surface area (Å²) in [6, 6.07) is 111. The minimum absolute atomic E-state index is 0.598. The summed E-state index contributed by atoms with van der Waals surface area (Å²) in [6.45, 7) is 0. The third-order valence-electron chi connectivity index (χ3n) is 14.7. The van der Waals surface area contributed by atoms with E-state index >= 15 is 0 Å². The topological polar surface area (TPSA) is 8.17 Å². The zero-order chi connectivity index (χ0) is 48.6. The van der Waals surface area contributed by atoms with E-state index in [1.807, 2.05) is 0 Å². The first-order valence-corrected chi connectivity index (χ1v) is 25.2. The van der Waals surface area contributed by atoms with Crippen molar-refractivity contribution in [2.45, 2.75) is 5.41 Å². The molecule has 73 heavy (non-hydrogen) atoms. The van der Waals surface area contributed by atoms with E-state index in [-0.39, 0.29) is 0 Å². The fourth-order valence-electron chi connectivity index (χ4n) is 11.4. The van der Waals surface area contributed by atoms with Crippen LogP contribution in [0.2, 0.25) is 0 Å². The lowest BCUT2D eigenvalue weighted by Crippen LogP contribution is -2.31. The molecule has 0 bridgehead atoms. The Labute approximate surface area is 427 Å². The third kappa shape index (κ3) is 7.69. The SMILES string of the molecule is c1ccc(-c2ccc(N(c3ccc(-c4ccc(-n5c6ccccc6c6c7ccccc7ccc65)cc4-c4ccccc4)cc3)c3cccc(C(c4ccccc4)(c4ccccc4)c4ccccc4)c3)cc2)cc1. The van der Waals surface area contributed by atoms with Gasteiger partial charge in [-0.2, -0.15) is 0 Å². The maximum Gasteiger partial charge on any atom is 0.0702 e. The van der Waals surface area contributed by atoms with Crippen LogP contribution in [0.5, 0.6) is 0 Å². The number of benzene rings is 12. The predicted octanol–water partition coefficient (Wildman–Crippen LogP) is 18.8. The third-order valence-corrected chi connectivity index (χ3v) is 14.7. The molecule has 0 aliphatic carbocycles. The van der Waals surface area contributed by atoms with Crippen LogP contribution < -0.4 is 4.90 Å².